The normalized spacial score (nSPS) is 10.3. The Morgan fingerprint density at radius 2 is 2.06 bits per heavy atom. The Bertz CT molecular complexity index is 508. The van der Waals surface area contributed by atoms with Crippen molar-refractivity contribution in [3.63, 3.8) is 0 Å². The van der Waals surface area contributed by atoms with Gasteiger partial charge in [0.2, 0.25) is 5.95 Å². The van der Waals surface area contributed by atoms with Gasteiger partial charge in [-0.05, 0) is 24.6 Å². The van der Waals surface area contributed by atoms with Crippen LogP contribution >= 0.6 is 0 Å². The molecule has 1 heterocycles. The highest BCUT2D eigenvalue weighted by Gasteiger charge is 2.07. The molecule has 0 unspecified atom stereocenters. The van der Waals surface area contributed by atoms with Gasteiger partial charge in [-0.1, -0.05) is 6.07 Å². The van der Waals surface area contributed by atoms with Crippen molar-refractivity contribution < 1.29 is 8.78 Å². The molecule has 6 heteroatoms. The van der Waals surface area contributed by atoms with Crippen molar-refractivity contribution in [1.82, 2.24) is 9.97 Å². The van der Waals surface area contributed by atoms with Crippen molar-refractivity contribution in [2.45, 2.75) is 6.92 Å². The summed E-state index contributed by atoms with van der Waals surface area (Å²) in [5.41, 5.74) is 6.55. The van der Waals surface area contributed by atoms with Crippen LogP contribution in [0.15, 0.2) is 24.4 Å². The van der Waals surface area contributed by atoms with Crippen LogP contribution in [0.3, 0.4) is 0 Å². The second-order valence-corrected chi connectivity index (χ2v) is 3.51. The third-order valence-corrected chi connectivity index (χ3v) is 2.22. The number of nitrogens with one attached hydrogen (secondary N) is 1. The molecule has 4 nitrogen and oxygen atoms in total. The molecule has 17 heavy (non-hydrogen) atoms. The van der Waals surface area contributed by atoms with Gasteiger partial charge in [0.25, 0.3) is 0 Å². The smallest absolute Gasteiger partial charge is 0.222 e. The van der Waals surface area contributed by atoms with E-state index in [-0.39, 0.29) is 11.8 Å². The van der Waals surface area contributed by atoms with E-state index in [1.807, 2.05) is 0 Å². The lowest BCUT2D eigenvalue weighted by molar-refractivity contribution is 0.618. The van der Waals surface area contributed by atoms with Crippen molar-refractivity contribution in [1.29, 1.82) is 0 Å². The van der Waals surface area contributed by atoms with Crippen LogP contribution in [-0.2, 0) is 0 Å². The molecule has 0 atom stereocenters. The fraction of sp³-hybridized carbons (Fsp3) is 0.0909. The molecule has 0 fully saturated rings. The molecule has 0 saturated heterocycles. The minimum atomic E-state index is -0.650. The van der Waals surface area contributed by atoms with E-state index in [4.69, 9.17) is 5.73 Å². The molecule has 0 amide bonds. The first kappa shape index (κ1) is 11.3. The summed E-state index contributed by atoms with van der Waals surface area (Å²) < 4.78 is 26.4. The van der Waals surface area contributed by atoms with E-state index in [0.717, 1.165) is 11.8 Å². The van der Waals surface area contributed by atoms with Gasteiger partial charge < -0.3 is 11.1 Å². The first-order chi connectivity index (χ1) is 8.06. The van der Waals surface area contributed by atoms with E-state index in [9.17, 15) is 8.78 Å². The number of halogens is 2. The Kier molecular flexibility index (Phi) is 2.86. The molecule has 0 bridgehead atoms. The van der Waals surface area contributed by atoms with E-state index in [1.54, 1.807) is 13.0 Å². The highest BCUT2D eigenvalue weighted by atomic mass is 19.1. The number of nitrogen functional groups attached to an aromatic ring is 1. The molecule has 0 spiro atoms. The summed E-state index contributed by atoms with van der Waals surface area (Å²) in [5.74, 6) is -1.20. The molecule has 0 saturated carbocycles. The van der Waals surface area contributed by atoms with Gasteiger partial charge in [-0.15, -0.1) is 0 Å². The molecular formula is C11H10F2N4. The number of aryl methyl sites for hydroxylation is 1. The van der Waals surface area contributed by atoms with Crippen LogP contribution in [0.5, 0.6) is 0 Å². The number of aromatic nitrogens is 2. The van der Waals surface area contributed by atoms with Crippen LogP contribution in [0.4, 0.5) is 26.2 Å². The molecule has 0 radical (unpaired) electrons. The zero-order valence-electron chi connectivity index (χ0n) is 9.04. The number of hydrogen-bond donors (Lipinski definition) is 2. The highest BCUT2D eigenvalue weighted by molar-refractivity contribution is 5.61. The second-order valence-electron chi connectivity index (χ2n) is 3.51. The Hall–Kier alpha value is -2.24. The van der Waals surface area contributed by atoms with Crippen LogP contribution in [0.1, 0.15) is 5.56 Å². The summed E-state index contributed by atoms with van der Waals surface area (Å²) in [6.45, 7) is 1.77. The highest BCUT2D eigenvalue weighted by Crippen LogP contribution is 2.22. The number of anilines is 3. The quantitative estimate of drug-likeness (QED) is 0.840. The van der Waals surface area contributed by atoms with E-state index in [2.05, 4.69) is 15.3 Å². The zero-order chi connectivity index (χ0) is 12.4. The predicted molar refractivity (Wildman–Crippen MR) is 60.8 cm³/mol. The second kappa shape index (κ2) is 4.32. The predicted octanol–water partition coefficient (Wildman–Crippen LogP) is 2.39. The molecule has 0 aliphatic heterocycles. The van der Waals surface area contributed by atoms with E-state index in [0.29, 0.717) is 5.69 Å². The maximum atomic E-state index is 13.4. The Morgan fingerprint density at radius 1 is 1.29 bits per heavy atom. The first-order valence-electron chi connectivity index (χ1n) is 4.87. The molecular weight excluding hydrogens is 226 g/mol. The molecule has 88 valence electrons. The molecule has 2 aromatic rings. The summed E-state index contributed by atoms with van der Waals surface area (Å²) in [5, 5.41) is 2.68. The van der Waals surface area contributed by atoms with Crippen LogP contribution in [0.25, 0.3) is 0 Å². The van der Waals surface area contributed by atoms with E-state index in [1.165, 1.54) is 12.1 Å². The Labute approximate surface area is 96.5 Å². The van der Waals surface area contributed by atoms with Crippen molar-refractivity contribution in [2.75, 3.05) is 11.1 Å². The van der Waals surface area contributed by atoms with Crippen LogP contribution in [0.2, 0.25) is 0 Å². The molecule has 1 aromatic carbocycles. The fourth-order valence-electron chi connectivity index (χ4n) is 1.32. The summed E-state index contributed by atoms with van der Waals surface area (Å²) in [4.78, 5) is 7.20. The summed E-state index contributed by atoms with van der Waals surface area (Å²) >= 11 is 0. The topological polar surface area (TPSA) is 63.8 Å². The Balaban J connectivity index is 2.37. The van der Waals surface area contributed by atoms with Gasteiger partial charge in [0.1, 0.15) is 5.82 Å². The fourth-order valence-corrected chi connectivity index (χ4v) is 1.32. The van der Waals surface area contributed by atoms with Crippen LogP contribution < -0.4 is 11.1 Å². The van der Waals surface area contributed by atoms with Crippen molar-refractivity contribution >= 4 is 17.5 Å². The average Bonchev–Trinajstić information content (AvgIpc) is 2.28. The number of rotatable bonds is 2. The third kappa shape index (κ3) is 2.47. The average molecular weight is 236 g/mol. The lowest BCUT2D eigenvalue weighted by Gasteiger charge is -2.09. The van der Waals surface area contributed by atoms with Crippen molar-refractivity contribution in [3.05, 3.63) is 41.6 Å². The number of nitrogens with two attached hydrogens (primary N) is 1. The van der Waals surface area contributed by atoms with Crippen molar-refractivity contribution in [3.8, 4) is 0 Å². The van der Waals surface area contributed by atoms with Gasteiger partial charge in [0.05, 0.1) is 6.20 Å². The number of hydrogen-bond acceptors (Lipinski definition) is 4. The molecule has 1 aromatic heterocycles. The number of benzene rings is 1. The first-order valence-corrected chi connectivity index (χ1v) is 4.87. The molecule has 0 aliphatic carbocycles. The van der Waals surface area contributed by atoms with E-state index < -0.39 is 11.6 Å². The zero-order valence-corrected chi connectivity index (χ0v) is 9.04. The van der Waals surface area contributed by atoms with Crippen molar-refractivity contribution in [2.24, 2.45) is 0 Å². The van der Waals surface area contributed by atoms with Gasteiger partial charge in [-0.25, -0.2) is 13.8 Å². The lowest BCUT2D eigenvalue weighted by Crippen LogP contribution is -2.03. The monoisotopic (exact) mass is 236 g/mol. The van der Waals surface area contributed by atoms with Gasteiger partial charge in [-0.2, -0.15) is 4.98 Å². The van der Waals surface area contributed by atoms with Gasteiger partial charge >= 0.3 is 0 Å². The summed E-state index contributed by atoms with van der Waals surface area (Å²) in [6.07, 6.45) is 0.958. The van der Waals surface area contributed by atoms with E-state index >= 15 is 0 Å². The third-order valence-electron chi connectivity index (χ3n) is 2.22. The number of nitrogens with zero attached hydrogens (tertiary/aromatic N) is 2. The SMILES string of the molecule is Cc1ccc(F)cc1Nc1nc(N)ncc1F. The van der Waals surface area contributed by atoms with Crippen LogP contribution in [-0.4, -0.2) is 9.97 Å². The maximum Gasteiger partial charge on any atom is 0.222 e. The molecule has 3 N–H and O–H groups in total. The minimum absolute atomic E-state index is 0.0528. The van der Waals surface area contributed by atoms with Crippen LogP contribution in [0, 0.1) is 18.6 Å². The maximum absolute atomic E-state index is 13.4. The van der Waals surface area contributed by atoms with Gasteiger partial charge in [-0.3, -0.25) is 0 Å². The van der Waals surface area contributed by atoms with Gasteiger partial charge in [0, 0.05) is 5.69 Å². The molecule has 0 aliphatic rings. The standard InChI is InChI=1S/C11H10F2N4/c1-6-2-3-7(12)4-9(6)16-10-8(13)5-15-11(14)17-10/h2-5H,1H3,(H3,14,15,16,17). The largest absolute Gasteiger partial charge is 0.368 e. The summed E-state index contributed by atoms with van der Waals surface area (Å²) in [6, 6.07) is 4.17. The molecule has 2 rings (SSSR count). The van der Waals surface area contributed by atoms with Gasteiger partial charge in [0.15, 0.2) is 11.6 Å². The minimum Gasteiger partial charge on any atom is -0.368 e. The Morgan fingerprint density at radius 3 is 2.82 bits per heavy atom. The lowest BCUT2D eigenvalue weighted by atomic mass is 10.2. The summed E-state index contributed by atoms with van der Waals surface area (Å²) in [7, 11) is 0.